The lowest BCUT2D eigenvalue weighted by atomic mass is 10.1. The zero-order valence-electron chi connectivity index (χ0n) is 10.0. The Hall–Kier alpha value is -1.46. The van der Waals surface area contributed by atoms with Gasteiger partial charge in [0, 0.05) is 25.8 Å². The molecule has 1 heterocycles. The van der Waals surface area contributed by atoms with Crippen molar-refractivity contribution >= 4 is 5.69 Å². The fraction of sp³-hybridized carbons (Fsp3) is 0.429. The van der Waals surface area contributed by atoms with Crippen molar-refractivity contribution in [3.8, 4) is 11.8 Å². The number of fused-ring (bicyclic) bond motifs is 1. The third kappa shape index (κ3) is 2.37. The van der Waals surface area contributed by atoms with E-state index in [0.717, 1.165) is 19.6 Å². The number of nitrogens with zero attached hydrogens (tertiary/aromatic N) is 1. The highest BCUT2D eigenvalue weighted by Gasteiger charge is 2.14. The first-order valence-electron chi connectivity index (χ1n) is 5.74. The van der Waals surface area contributed by atoms with E-state index < -0.39 is 0 Å². The molecule has 0 unspecified atom stereocenters. The predicted octanol–water partition coefficient (Wildman–Crippen LogP) is 1.79. The highest BCUT2D eigenvalue weighted by atomic mass is 15.1. The molecule has 0 aromatic heterocycles. The van der Waals surface area contributed by atoms with E-state index in [0.29, 0.717) is 0 Å². The van der Waals surface area contributed by atoms with Crippen molar-refractivity contribution in [2.75, 3.05) is 25.0 Å². The Labute approximate surface area is 97.7 Å². The average molecular weight is 214 g/mol. The minimum Gasteiger partial charge on any atom is -0.374 e. The molecule has 1 N–H and O–H groups in total. The van der Waals surface area contributed by atoms with Crippen LogP contribution in [0.15, 0.2) is 18.2 Å². The molecular formula is C14H18N2. The molecule has 1 aromatic carbocycles. The fourth-order valence-electron chi connectivity index (χ4n) is 2.09. The third-order valence-electron chi connectivity index (χ3n) is 2.99. The zero-order valence-corrected chi connectivity index (χ0v) is 10.0. The summed E-state index contributed by atoms with van der Waals surface area (Å²) in [6, 6.07) is 6.74. The van der Waals surface area contributed by atoms with Crippen LogP contribution >= 0.6 is 0 Å². The Morgan fingerprint density at radius 2 is 2.31 bits per heavy atom. The van der Waals surface area contributed by atoms with Gasteiger partial charge in [0.05, 0.1) is 6.54 Å². The summed E-state index contributed by atoms with van der Waals surface area (Å²) in [5.74, 6) is 5.89. The van der Waals surface area contributed by atoms with Crippen molar-refractivity contribution < 1.29 is 0 Å². The van der Waals surface area contributed by atoms with E-state index >= 15 is 0 Å². The van der Waals surface area contributed by atoms with Gasteiger partial charge in [0.25, 0.3) is 0 Å². The van der Waals surface area contributed by atoms with Crippen LogP contribution in [0.25, 0.3) is 0 Å². The second kappa shape index (κ2) is 5.05. The second-order valence-electron chi connectivity index (χ2n) is 4.16. The van der Waals surface area contributed by atoms with Crippen LogP contribution in [-0.2, 0) is 13.0 Å². The van der Waals surface area contributed by atoms with Gasteiger partial charge < -0.3 is 10.2 Å². The first-order chi connectivity index (χ1) is 7.81. The molecule has 2 rings (SSSR count). The maximum atomic E-state index is 3.32. The Kier molecular flexibility index (Phi) is 3.48. The van der Waals surface area contributed by atoms with Gasteiger partial charge in [-0.25, -0.2) is 0 Å². The Balaban J connectivity index is 1.98. The van der Waals surface area contributed by atoms with Gasteiger partial charge in [-0.05, 0) is 30.5 Å². The third-order valence-corrected chi connectivity index (χ3v) is 2.99. The van der Waals surface area contributed by atoms with E-state index in [1.807, 2.05) is 6.92 Å². The Morgan fingerprint density at radius 3 is 3.12 bits per heavy atom. The number of likely N-dealkylation sites (N-methyl/N-ethyl adjacent to an activating group) is 1. The van der Waals surface area contributed by atoms with Gasteiger partial charge in [-0.2, -0.15) is 0 Å². The second-order valence-corrected chi connectivity index (χ2v) is 4.16. The Bertz CT molecular complexity index is 426. The summed E-state index contributed by atoms with van der Waals surface area (Å²) in [4.78, 5) is 2.31. The molecule has 1 aliphatic rings. The smallest absolute Gasteiger partial charge is 0.0578 e. The van der Waals surface area contributed by atoms with Crippen molar-refractivity contribution in [3.63, 3.8) is 0 Å². The molecule has 0 spiro atoms. The van der Waals surface area contributed by atoms with E-state index in [2.05, 4.69) is 47.3 Å². The van der Waals surface area contributed by atoms with Crippen molar-refractivity contribution in [2.45, 2.75) is 19.9 Å². The molecule has 84 valence electrons. The topological polar surface area (TPSA) is 15.3 Å². The molecule has 0 radical (unpaired) electrons. The van der Waals surface area contributed by atoms with Gasteiger partial charge in [-0.1, -0.05) is 18.1 Å². The zero-order chi connectivity index (χ0) is 11.4. The molecule has 1 aromatic rings. The van der Waals surface area contributed by atoms with Crippen LogP contribution < -0.4 is 10.2 Å². The number of hydrogen-bond donors (Lipinski definition) is 1. The normalized spacial score (nSPS) is 13.2. The van der Waals surface area contributed by atoms with Gasteiger partial charge in [0.2, 0.25) is 0 Å². The molecule has 1 aliphatic heterocycles. The number of rotatable bonds is 3. The molecule has 0 bridgehead atoms. The van der Waals surface area contributed by atoms with Crippen LogP contribution in [0.4, 0.5) is 5.69 Å². The summed E-state index contributed by atoms with van der Waals surface area (Å²) in [6.07, 6.45) is 1.18. The first kappa shape index (κ1) is 11.0. The van der Waals surface area contributed by atoms with Crippen molar-refractivity contribution in [1.29, 1.82) is 0 Å². The Morgan fingerprint density at radius 1 is 1.44 bits per heavy atom. The van der Waals surface area contributed by atoms with E-state index in [9.17, 15) is 0 Å². The summed E-state index contributed by atoms with van der Waals surface area (Å²) in [5, 5.41) is 3.32. The molecule has 2 heteroatoms. The van der Waals surface area contributed by atoms with E-state index in [1.165, 1.54) is 23.2 Å². The average Bonchev–Trinajstić information content (AvgIpc) is 2.66. The molecule has 2 nitrogen and oxygen atoms in total. The number of benzene rings is 1. The molecule has 16 heavy (non-hydrogen) atoms. The minimum atomic E-state index is 0.771. The number of anilines is 1. The van der Waals surface area contributed by atoms with Crippen molar-refractivity contribution in [3.05, 3.63) is 29.3 Å². The lowest BCUT2D eigenvalue weighted by Gasteiger charge is -2.12. The SMILES string of the molecule is CC#CCNCc1ccc2c(c1)CCN2C. The minimum absolute atomic E-state index is 0.771. The lowest BCUT2D eigenvalue weighted by Crippen LogP contribution is -2.13. The van der Waals surface area contributed by atoms with Gasteiger partial charge in [0.1, 0.15) is 0 Å². The van der Waals surface area contributed by atoms with Gasteiger partial charge in [0.15, 0.2) is 0 Å². The van der Waals surface area contributed by atoms with Crippen LogP contribution in [0.2, 0.25) is 0 Å². The van der Waals surface area contributed by atoms with Gasteiger partial charge in [-0.15, -0.1) is 5.92 Å². The summed E-state index contributed by atoms with van der Waals surface area (Å²) >= 11 is 0. The highest BCUT2D eigenvalue weighted by molar-refractivity contribution is 5.58. The molecule has 0 aliphatic carbocycles. The maximum absolute atomic E-state index is 3.32. The molecule has 0 amide bonds. The molecule has 0 saturated heterocycles. The fourth-order valence-corrected chi connectivity index (χ4v) is 2.09. The van der Waals surface area contributed by atoms with Gasteiger partial charge in [-0.3, -0.25) is 0 Å². The largest absolute Gasteiger partial charge is 0.374 e. The predicted molar refractivity (Wildman–Crippen MR) is 68.6 cm³/mol. The van der Waals surface area contributed by atoms with Crippen molar-refractivity contribution in [2.24, 2.45) is 0 Å². The van der Waals surface area contributed by atoms with Crippen LogP contribution in [-0.4, -0.2) is 20.1 Å². The van der Waals surface area contributed by atoms with Crippen LogP contribution in [0, 0.1) is 11.8 Å². The highest BCUT2D eigenvalue weighted by Crippen LogP contribution is 2.27. The molecule has 0 saturated carbocycles. The van der Waals surface area contributed by atoms with E-state index in [1.54, 1.807) is 0 Å². The molecular weight excluding hydrogens is 196 g/mol. The maximum Gasteiger partial charge on any atom is 0.0578 e. The number of hydrogen-bond acceptors (Lipinski definition) is 2. The summed E-state index contributed by atoms with van der Waals surface area (Å²) in [7, 11) is 2.15. The quantitative estimate of drug-likeness (QED) is 0.609. The first-order valence-corrected chi connectivity index (χ1v) is 5.74. The monoisotopic (exact) mass is 214 g/mol. The van der Waals surface area contributed by atoms with Gasteiger partial charge >= 0.3 is 0 Å². The summed E-state index contributed by atoms with van der Waals surface area (Å²) < 4.78 is 0. The van der Waals surface area contributed by atoms with E-state index in [4.69, 9.17) is 0 Å². The number of nitrogens with one attached hydrogen (secondary N) is 1. The van der Waals surface area contributed by atoms with E-state index in [-0.39, 0.29) is 0 Å². The summed E-state index contributed by atoms with van der Waals surface area (Å²) in [5.41, 5.74) is 4.22. The molecule has 0 atom stereocenters. The lowest BCUT2D eigenvalue weighted by molar-refractivity contribution is 0.769. The van der Waals surface area contributed by atoms with Crippen LogP contribution in [0.5, 0.6) is 0 Å². The molecule has 0 fully saturated rings. The van der Waals surface area contributed by atoms with Crippen molar-refractivity contribution in [1.82, 2.24) is 5.32 Å². The van der Waals surface area contributed by atoms with Crippen LogP contribution in [0.1, 0.15) is 18.1 Å². The van der Waals surface area contributed by atoms with Crippen LogP contribution in [0.3, 0.4) is 0 Å². The summed E-state index contributed by atoms with van der Waals surface area (Å²) in [6.45, 7) is 4.69. The standard InChI is InChI=1S/C14H18N2/c1-3-4-8-15-11-12-5-6-14-13(10-12)7-9-16(14)2/h5-6,10,15H,7-9,11H2,1-2H3.